The second-order valence-electron chi connectivity index (χ2n) is 5.57. The maximum absolute atomic E-state index is 12.6. The molecule has 1 heterocycles. The third-order valence-electron chi connectivity index (χ3n) is 4.06. The van der Waals surface area contributed by atoms with E-state index in [0.29, 0.717) is 30.8 Å². The lowest BCUT2D eigenvalue weighted by atomic mass is 10.0. The molecule has 2 aromatic rings. The fraction of sp³-hybridized carbons (Fsp3) is 0.222. The van der Waals surface area contributed by atoms with E-state index in [-0.39, 0.29) is 11.9 Å². The summed E-state index contributed by atoms with van der Waals surface area (Å²) >= 11 is 0. The van der Waals surface area contributed by atoms with Crippen molar-refractivity contribution in [1.82, 2.24) is 4.90 Å². The number of likely N-dealkylation sites (tertiary alicyclic amines) is 1. The van der Waals surface area contributed by atoms with E-state index in [1.807, 2.05) is 54.6 Å². The Hall–Kier alpha value is -2.46. The van der Waals surface area contributed by atoms with Gasteiger partial charge in [0, 0.05) is 30.3 Å². The Morgan fingerprint density at radius 2 is 1.73 bits per heavy atom. The topological polar surface area (TPSA) is 70.2 Å². The van der Waals surface area contributed by atoms with Crippen molar-refractivity contribution < 1.29 is 4.79 Å². The number of hydrogen-bond donors (Lipinski definition) is 2. The van der Waals surface area contributed by atoms with Gasteiger partial charge in [0.25, 0.3) is 5.91 Å². The molecule has 1 atom stereocenters. The zero-order valence-electron chi connectivity index (χ0n) is 12.3. The molecule has 1 fully saturated rings. The van der Waals surface area contributed by atoms with Crippen molar-refractivity contribution >= 4 is 11.6 Å². The lowest BCUT2D eigenvalue weighted by Gasteiger charge is -2.22. The van der Waals surface area contributed by atoms with Crippen LogP contribution in [0.2, 0.25) is 0 Å². The molecule has 1 aliphatic heterocycles. The van der Waals surface area contributed by atoms with Crippen LogP contribution in [-0.4, -0.2) is 35.7 Å². The monoisotopic (exact) mass is 293 g/mol. The van der Waals surface area contributed by atoms with Gasteiger partial charge in [-0.05, 0) is 23.3 Å². The molecule has 1 amide bonds. The summed E-state index contributed by atoms with van der Waals surface area (Å²) in [5.41, 5.74) is 9.15. The molecule has 0 radical (unpaired) electrons. The zero-order chi connectivity index (χ0) is 15.5. The summed E-state index contributed by atoms with van der Waals surface area (Å²) in [6.45, 7) is 0.789. The van der Waals surface area contributed by atoms with E-state index in [1.54, 1.807) is 4.90 Å². The Balaban J connectivity index is 1.81. The maximum atomic E-state index is 12.6. The lowest BCUT2D eigenvalue weighted by molar-refractivity contribution is 0.0745. The van der Waals surface area contributed by atoms with E-state index in [9.17, 15) is 4.79 Å². The summed E-state index contributed by atoms with van der Waals surface area (Å²) in [4.78, 5) is 14.3. The van der Waals surface area contributed by atoms with E-state index in [0.717, 1.165) is 11.1 Å². The van der Waals surface area contributed by atoms with Gasteiger partial charge in [-0.15, -0.1) is 0 Å². The van der Waals surface area contributed by atoms with E-state index < -0.39 is 0 Å². The Bertz CT molecular complexity index is 679. The van der Waals surface area contributed by atoms with E-state index in [2.05, 4.69) is 0 Å². The van der Waals surface area contributed by atoms with Crippen molar-refractivity contribution in [2.45, 2.75) is 12.5 Å². The number of benzene rings is 2. The van der Waals surface area contributed by atoms with Crippen LogP contribution >= 0.6 is 0 Å². The van der Waals surface area contributed by atoms with E-state index >= 15 is 0 Å². The van der Waals surface area contributed by atoms with Crippen LogP contribution in [0.15, 0.2) is 54.6 Å². The first-order chi connectivity index (χ1) is 10.7. The van der Waals surface area contributed by atoms with Gasteiger partial charge in [-0.2, -0.15) is 0 Å². The number of carbonyl (C=O) groups excluding carboxylic acids is 1. The van der Waals surface area contributed by atoms with Crippen LogP contribution in [0, 0.1) is 5.41 Å². The summed E-state index contributed by atoms with van der Waals surface area (Å²) in [6.07, 6.45) is 0.588. The van der Waals surface area contributed by atoms with E-state index in [4.69, 9.17) is 11.1 Å². The predicted octanol–water partition coefficient (Wildman–Crippen LogP) is 2.55. The molecule has 0 bridgehead atoms. The molecule has 3 rings (SSSR count). The first kappa shape index (κ1) is 14.5. The Kier molecular flexibility index (Phi) is 4.02. The SMILES string of the molecule is N=C1CC(CN)N(C(=O)c2ccc(-c3ccccc3)cc2)C1. The molecule has 2 aromatic carbocycles. The fourth-order valence-corrected chi connectivity index (χ4v) is 2.84. The van der Waals surface area contributed by atoms with Crippen LogP contribution in [0.4, 0.5) is 0 Å². The number of nitrogens with zero attached hydrogens (tertiary/aromatic N) is 1. The summed E-state index contributed by atoms with van der Waals surface area (Å²) in [6, 6.07) is 17.6. The minimum Gasteiger partial charge on any atom is -0.328 e. The number of hydrogen-bond acceptors (Lipinski definition) is 3. The number of carbonyl (C=O) groups is 1. The minimum absolute atomic E-state index is 0.0442. The number of rotatable bonds is 3. The normalized spacial score (nSPS) is 17.8. The third kappa shape index (κ3) is 2.78. The molecule has 3 N–H and O–H groups in total. The average Bonchev–Trinajstić information content (AvgIpc) is 2.96. The zero-order valence-corrected chi connectivity index (χ0v) is 12.3. The molecule has 1 unspecified atom stereocenters. The predicted molar refractivity (Wildman–Crippen MR) is 88.1 cm³/mol. The van der Waals surface area contributed by atoms with Crippen molar-refractivity contribution in [2.75, 3.05) is 13.1 Å². The van der Waals surface area contributed by atoms with Gasteiger partial charge in [0.05, 0.1) is 6.54 Å². The van der Waals surface area contributed by atoms with Gasteiger partial charge in [-0.3, -0.25) is 4.79 Å². The van der Waals surface area contributed by atoms with Gasteiger partial charge < -0.3 is 16.0 Å². The van der Waals surface area contributed by atoms with Crippen molar-refractivity contribution in [3.63, 3.8) is 0 Å². The quantitative estimate of drug-likeness (QED) is 0.913. The maximum Gasteiger partial charge on any atom is 0.254 e. The van der Waals surface area contributed by atoms with Crippen LogP contribution < -0.4 is 5.73 Å². The fourth-order valence-electron chi connectivity index (χ4n) is 2.84. The average molecular weight is 293 g/mol. The molecule has 0 saturated carbocycles. The van der Waals surface area contributed by atoms with E-state index in [1.165, 1.54) is 0 Å². The second-order valence-corrected chi connectivity index (χ2v) is 5.57. The molecule has 22 heavy (non-hydrogen) atoms. The highest BCUT2D eigenvalue weighted by Crippen LogP contribution is 2.22. The van der Waals surface area contributed by atoms with Crippen LogP contribution in [-0.2, 0) is 0 Å². The van der Waals surface area contributed by atoms with Crippen LogP contribution in [0.25, 0.3) is 11.1 Å². The molecular formula is C18H19N3O. The smallest absolute Gasteiger partial charge is 0.254 e. The van der Waals surface area contributed by atoms with Gasteiger partial charge in [0.15, 0.2) is 0 Å². The first-order valence-electron chi connectivity index (χ1n) is 7.42. The summed E-state index contributed by atoms with van der Waals surface area (Å²) in [5, 5.41) is 7.77. The van der Waals surface area contributed by atoms with Crippen LogP contribution in [0.3, 0.4) is 0 Å². The third-order valence-corrected chi connectivity index (χ3v) is 4.06. The summed E-state index contributed by atoms with van der Waals surface area (Å²) in [7, 11) is 0. The number of nitrogens with one attached hydrogen (secondary N) is 1. The highest BCUT2D eigenvalue weighted by molar-refractivity contribution is 6.00. The number of amides is 1. The first-order valence-corrected chi connectivity index (χ1v) is 7.42. The molecule has 0 aliphatic carbocycles. The van der Waals surface area contributed by atoms with Crippen LogP contribution in [0.1, 0.15) is 16.8 Å². The van der Waals surface area contributed by atoms with Crippen molar-refractivity contribution in [1.29, 1.82) is 5.41 Å². The second kappa shape index (κ2) is 6.12. The molecular weight excluding hydrogens is 274 g/mol. The molecule has 4 nitrogen and oxygen atoms in total. The van der Waals surface area contributed by atoms with Crippen molar-refractivity contribution in [2.24, 2.45) is 5.73 Å². The van der Waals surface area contributed by atoms with Crippen molar-refractivity contribution in [3.05, 3.63) is 60.2 Å². The highest BCUT2D eigenvalue weighted by atomic mass is 16.2. The molecule has 4 heteroatoms. The molecule has 1 saturated heterocycles. The molecule has 0 aromatic heterocycles. The van der Waals surface area contributed by atoms with Gasteiger partial charge in [0.2, 0.25) is 0 Å². The number of nitrogens with two attached hydrogens (primary N) is 1. The van der Waals surface area contributed by atoms with Gasteiger partial charge in [-0.1, -0.05) is 42.5 Å². The standard InChI is InChI=1S/C18H19N3O/c19-11-17-10-16(20)12-21(17)18(22)15-8-6-14(7-9-15)13-4-2-1-3-5-13/h1-9,17,20H,10-12,19H2. The van der Waals surface area contributed by atoms with Gasteiger partial charge in [-0.25, -0.2) is 0 Å². The molecule has 112 valence electrons. The Morgan fingerprint density at radius 3 is 2.36 bits per heavy atom. The van der Waals surface area contributed by atoms with Gasteiger partial charge in [0.1, 0.15) is 0 Å². The molecule has 1 aliphatic rings. The minimum atomic E-state index is -0.0474. The van der Waals surface area contributed by atoms with Crippen LogP contribution in [0.5, 0.6) is 0 Å². The summed E-state index contributed by atoms with van der Waals surface area (Å²) in [5.74, 6) is -0.0442. The molecule has 0 spiro atoms. The Morgan fingerprint density at radius 1 is 1.09 bits per heavy atom. The van der Waals surface area contributed by atoms with Gasteiger partial charge >= 0.3 is 0 Å². The Labute approximate surface area is 130 Å². The highest BCUT2D eigenvalue weighted by Gasteiger charge is 2.31. The largest absolute Gasteiger partial charge is 0.328 e. The lowest BCUT2D eigenvalue weighted by Crippen LogP contribution is -2.40. The van der Waals surface area contributed by atoms with Crippen molar-refractivity contribution in [3.8, 4) is 11.1 Å². The summed E-state index contributed by atoms with van der Waals surface area (Å²) < 4.78 is 0.